The zero-order valence-corrected chi connectivity index (χ0v) is 13.2. The van der Waals surface area contributed by atoms with E-state index in [-0.39, 0.29) is 12.3 Å². The number of benzene rings is 2. The first-order valence-electron chi connectivity index (χ1n) is 7.43. The summed E-state index contributed by atoms with van der Waals surface area (Å²) in [5.74, 6) is 0.887. The van der Waals surface area contributed by atoms with Gasteiger partial charge in [-0.05, 0) is 11.6 Å². The van der Waals surface area contributed by atoms with Crippen molar-refractivity contribution in [1.29, 1.82) is 0 Å². The Kier molecular flexibility index (Phi) is 6.40. The standard InChI is InChI=1S/C18H24N2O2/c1-21-17-11-7-6-10-15(17)13-20-16(12-18(19)22-2)14-8-4-3-5-9-14/h3-11,16,18,20H,12-13,19H2,1-2H3/t16-,18+/m1/s1. The zero-order valence-electron chi connectivity index (χ0n) is 13.2. The molecule has 4 nitrogen and oxygen atoms in total. The summed E-state index contributed by atoms with van der Waals surface area (Å²) in [5.41, 5.74) is 8.27. The molecule has 0 aliphatic carbocycles. The maximum atomic E-state index is 5.95. The van der Waals surface area contributed by atoms with Crippen molar-refractivity contribution in [1.82, 2.24) is 5.32 Å². The van der Waals surface area contributed by atoms with Crippen LogP contribution < -0.4 is 15.8 Å². The minimum absolute atomic E-state index is 0.126. The van der Waals surface area contributed by atoms with Gasteiger partial charge in [0.15, 0.2) is 0 Å². The summed E-state index contributed by atoms with van der Waals surface area (Å²) < 4.78 is 10.6. The second-order valence-corrected chi connectivity index (χ2v) is 5.17. The largest absolute Gasteiger partial charge is 0.496 e. The van der Waals surface area contributed by atoms with Crippen molar-refractivity contribution in [3.8, 4) is 5.75 Å². The van der Waals surface area contributed by atoms with E-state index in [1.165, 1.54) is 5.56 Å². The lowest BCUT2D eigenvalue weighted by Gasteiger charge is -2.22. The molecule has 0 aliphatic rings. The molecule has 2 aromatic carbocycles. The van der Waals surface area contributed by atoms with E-state index >= 15 is 0 Å². The van der Waals surface area contributed by atoms with Crippen LogP contribution in [0.3, 0.4) is 0 Å². The number of para-hydroxylation sites is 1. The van der Waals surface area contributed by atoms with Crippen LogP contribution in [0.25, 0.3) is 0 Å². The fraction of sp³-hybridized carbons (Fsp3) is 0.333. The molecule has 0 aliphatic heterocycles. The molecule has 3 N–H and O–H groups in total. The SMILES string of the molecule is COc1ccccc1CN[C@H](C[C@@H](N)OC)c1ccccc1. The van der Waals surface area contributed by atoms with Gasteiger partial charge in [-0.15, -0.1) is 0 Å². The van der Waals surface area contributed by atoms with E-state index in [0.29, 0.717) is 13.0 Å². The van der Waals surface area contributed by atoms with Crippen LogP contribution in [0.1, 0.15) is 23.6 Å². The molecule has 118 valence electrons. The zero-order chi connectivity index (χ0) is 15.8. The lowest BCUT2D eigenvalue weighted by Crippen LogP contribution is -2.31. The average molecular weight is 300 g/mol. The summed E-state index contributed by atoms with van der Waals surface area (Å²) in [5, 5.41) is 3.55. The highest BCUT2D eigenvalue weighted by atomic mass is 16.5. The Labute approximate surface area is 132 Å². The van der Waals surface area contributed by atoms with Crippen LogP contribution in [0.2, 0.25) is 0 Å². The minimum atomic E-state index is -0.296. The van der Waals surface area contributed by atoms with Crippen molar-refractivity contribution in [2.75, 3.05) is 14.2 Å². The van der Waals surface area contributed by atoms with Crippen molar-refractivity contribution in [2.45, 2.75) is 25.2 Å². The minimum Gasteiger partial charge on any atom is -0.496 e. The second-order valence-electron chi connectivity index (χ2n) is 5.17. The molecule has 0 saturated carbocycles. The fourth-order valence-corrected chi connectivity index (χ4v) is 2.43. The lowest BCUT2D eigenvalue weighted by molar-refractivity contribution is 0.0904. The molecule has 4 heteroatoms. The topological polar surface area (TPSA) is 56.5 Å². The van der Waals surface area contributed by atoms with Crippen molar-refractivity contribution in [3.05, 3.63) is 65.7 Å². The Bertz CT molecular complexity index is 560. The highest BCUT2D eigenvalue weighted by Crippen LogP contribution is 2.22. The monoisotopic (exact) mass is 300 g/mol. The molecule has 0 unspecified atom stereocenters. The van der Waals surface area contributed by atoms with Crippen LogP contribution in [0.5, 0.6) is 5.75 Å². The van der Waals surface area contributed by atoms with Gasteiger partial charge in [0, 0.05) is 31.7 Å². The molecule has 0 aromatic heterocycles. The van der Waals surface area contributed by atoms with Crippen LogP contribution >= 0.6 is 0 Å². The van der Waals surface area contributed by atoms with E-state index in [2.05, 4.69) is 23.5 Å². The Morgan fingerprint density at radius 1 is 1.00 bits per heavy atom. The van der Waals surface area contributed by atoms with Crippen molar-refractivity contribution in [3.63, 3.8) is 0 Å². The smallest absolute Gasteiger partial charge is 0.123 e. The Hall–Kier alpha value is -1.88. The first-order chi connectivity index (χ1) is 10.7. The molecule has 0 spiro atoms. The Morgan fingerprint density at radius 2 is 1.68 bits per heavy atom. The molecule has 0 radical (unpaired) electrons. The third kappa shape index (κ3) is 4.56. The maximum absolute atomic E-state index is 5.95. The number of nitrogens with two attached hydrogens (primary N) is 1. The molecule has 0 fully saturated rings. The summed E-state index contributed by atoms with van der Waals surface area (Å²) in [6.45, 7) is 0.708. The van der Waals surface area contributed by atoms with Crippen molar-refractivity contribution in [2.24, 2.45) is 5.73 Å². The third-order valence-corrected chi connectivity index (χ3v) is 3.70. The van der Waals surface area contributed by atoms with Gasteiger partial charge in [-0.25, -0.2) is 0 Å². The van der Waals surface area contributed by atoms with Gasteiger partial charge in [-0.3, -0.25) is 0 Å². The van der Waals surface area contributed by atoms with Crippen LogP contribution in [0.4, 0.5) is 0 Å². The van der Waals surface area contributed by atoms with Gasteiger partial charge >= 0.3 is 0 Å². The molecule has 2 aromatic rings. The number of rotatable bonds is 8. The molecule has 0 heterocycles. The molecule has 0 saturated heterocycles. The molecule has 2 rings (SSSR count). The highest BCUT2D eigenvalue weighted by Gasteiger charge is 2.15. The van der Waals surface area contributed by atoms with Gasteiger partial charge in [0.25, 0.3) is 0 Å². The van der Waals surface area contributed by atoms with Gasteiger partial charge in [0.2, 0.25) is 0 Å². The Morgan fingerprint density at radius 3 is 2.36 bits per heavy atom. The number of hydrogen-bond donors (Lipinski definition) is 2. The van der Waals surface area contributed by atoms with E-state index in [1.807, 2.05) is 36.4 Å². The van der Waals surface area contributed by atoms with Gasteiger partial charge in [-0.2, -0.15) is 0 Å². The summed E-state index contributed by atoms with van der Waals surface area (Å²) in [6.07, 6.45) is 0.408. The normalized spacial score (nSPS) is 13.6. The molecule has 2 atom stereocenters. The number of ether oxygens (including phenoxy) is 2. The van der Waals surface area contributed by atoms with E-state index in [9.17, 15) is 0 Å². The van der Waals surface area contributed by atoms with Crippen LogP contribution in [0, 0.1) is 0 Å². The first kappa shape index (κ1) is 16.5. The van der Waals surface area contributed by atoms with Gasteiger partial charge < -0.3 is 20.5 Å². The predicted octanol–water partition coefficient (Wildman–Crippen LogP) is 2.85. The van der Waals surface area contributed by atoms with Crippen LogP contribution in [-0.4, -0.2) is 20.4 Å². The first-order valence-corrected chi connectivity index (χ1v) is 7.43. The molecule has 22 heavy (non-hydrogen) atoms. The van der Waals surface area contributed by atoms with Crippen molar-refractivity contribution < 1.29 is 9.47 Å². The van der Waals surface area contributed by atoms with Gasteiger partial charge in [0.1, 0.15) is 12.0 Å². The highest BCUT2D eigenvalue weighted by molar-refractivity contribution is 5.33. The molecule has 0 bridgehead atoms. The van der Waals surface area contributed by atoms with Crippen LogP contribution in [0.15, 0.2) is 54.6 Å². The molecule has 0 amide bonds. The number of methoxy groups -OCH3 is 2. The summed E-state index contributed by atoms with van der Waals surface area (Å²) in [4.78, 5) is 0. The fourth-order valence-electron chi connectivity index (χ4n) is 2.43. The summed E-state index contributed by atoms with van der Waals surface area (Å²) in [6, 6.07) is 18.4. The lowest BCUT2D eigenvalue weighted by atomic mass is 10.0. The third-order valence-electron chi connectivity index (χ3n) is 3.70. The molecular formula is C18H24N2O2. The van der Waals surface area contributed by atoms with Crippen LogP contribution in [-0.2, 0) is 11.3 Å². The number of hydrogen-bond acceptors (Lipinski definition) is 4. The summed E-state index contributed by atoms with van der Waals surface area (Å²) >= 11 is 0. The second kappa shape index (κ2) is 8.54. The van der Waals surface area contributed by atoms with Gasteiger partial charge in [0.05, 0.1) is 7.11 Å². The Balaban J connectivity index is 2.09. The van der Waals surface area contributed by atoms with E-state index < -0.39 is 0 Å². The van der Waals surface area contributed by atoms with E-state index in [1.54, 1.807) is 14.2 Å². The van der Waals surface area contributed by atoms with Gasteiger partial charge in [-0.1, -0.05) is 48.5 Å². The van der Waals surface area contributed by atoms with E-state index in [0.717, 1.165) is 11.3 Å². The summed E-state index contributed by atoms with van der Waals surface area (Å²) in [7, 11) is 3.32. The average Bonchev–Trinajstić information content (AvgIpc) is 2.59. The quantitative estimate of drug-likeness (QED) is 0.736. The number of nitrogens with one attached hydrogen (secondary N) is 1. The predicted molar refractivity (Wildman–Crippen MR) is 88.6 cm³/mol. The van der Waals surface area contributed by atoms with Crippen molar-refractivity contribution >= 4 is 0 Å². The molecular weight excluding hydrogens is 276 g/mol. The maximum Gasteiger partial charge on any atom is 0.123 e. The van der Waals surface area contributed by atoms with E-state index in [4.69, 9.17) is 15.2 Å².